The van der Waals surface area contributed by atoms with Crippen LogP contribution in [0.1, 0.15) is 24.8 Å². The predicted octanol–water partition coefficient (Wildman–Crippen LogP) is 3.51. The molecule has 0 N–H and O–H groups in total. The number of thioether (sulfide) groups is 1. The summed E-state index contributed by atoms with van der Waals surface area (Å²) in [5.41, 5.74) is 2.67. The summed E-state index contributed by atoms with van der Waals surface area (Å²) in [5.74, 6) is 1.50. The number of fused-ring (bicyclic) bond motifs is 1. The minimum absolute atomic E-state index is 0.0740. The molecule has 3 aliphatic rings. The Balaban J connectivity index is 1.21. The maximum Gasteiger partial charge on any atom is 0.135 e. The van der Waals surface area contributed by atoms with Gasteiger partial charge in [0.1, 0.15) is 40.6 Å². The van der Waals surface area contributed by atoms with Crippen LogP contribution < -0.4 is 9.47 Å². The summed E-state index contributed by atoms with van der Waals surface area (Å²) in [6.07, 6.45) is 7.56. The van der Waals surface area contributed by atoms with Gasteiger partial charge in [-0.2, -0.15) is 5.10 Å². The number of benzene rings is 1. The normalized spacial score (nSPS) is 19.2. The molecule has 3 aromatic rings. The van der Waals surface area contributed by atoms with Crippen molar-refractivity contribution >= 4 is 33.4 Å². The number of ether oxygens (including phenoxy) is 3. The Morgan fingerprint density at radius 1 is 1.08 bits per heavy atom. The molecule has 2 aromatic heterocycles. The number of hydrogen-bond acceptors (Lipinski definition) is 11. The molecular formula is C28H33N7O3S. The molecule has 204 valence electrons. The second-order valence-corrected chi connectivity index (χ2v) is 11.0. The molecule has 0 aliphatic carbocycles. The maximum atomic E-state index is 6.57. The van der Waals surface area contributed by atoms with Gasteiger partial charge in [-0.1, -0.05) is 11.8 Å². The molecule has 2 fully saturated rings. The van der Waals surface area contributed by atoms with Crippen molar-refractivity contribution in [2.75, 3.05) is 59.6 Å². The van der Waals surface area contributed by atoms with Crippen molar-refractivity contribution in [3.8, 4) is 11.5 Å². The lowest BCUT2D eigenvalue weighted by atomic mass is 10.1. The fourth-order valence-electron chi connectivity index (χ4n) is 4.88. The van der Waals surface area contributed by atoms with Crippen LogP contribution in [0, 0.1) is 0 Å². The molecular weight excluding hydrogens is 514 g/mol. The minimum atomic E-state index is 0.0740. The molecule has 1 aromatic carbocycles. The van der Waals surface area contributed by atoms with Crippen molar-refractivity contribution in [2.45, 2.75) is 30.4 Å². The summed E-state index contributed by atoms with van der Waals surface area (Å²) >= 11 is 1.51. The first-order valence-corrected chi connectivity index (χ1v) is 14.3. The van der Waals surface area contributed by atoms with Gasteiger partial charge < -0.3 is 19.1 Å². The highest BCUT2D eigenvalue weighted by atomic mass is 32.2. The molecule has 0 amide bonds. The minimum Gasteiger partial charge on any atom is -0.492 e. The standard InChI is InChI=1S/C28H33N7O3S/c1-34-7-9-35(10-8-34)11-14-37-22-15-24-27(25(16-22)38-21-4-12-36-13-5-21)28(31-19-30-24)39-26-17-23(32-33-26)20-3-2-6-29-18-20/h2-3,6,15-16,18-19,21H,4-5,7-14,17H2,1H3. The van der Waals surface area contributed by atoms with Gasteiger partial charge in [-0.05, 0) is 19.2 Å². The molecule has 0 radical (unpaired) electrons. The number of piperazine rings is 1. The summed E-state index contributed by atoms with van der Waals surface area (Å²) < 4.78 is 18.4. The third-order valence-electron chi connectivity index (χ3n) is 7.18. The Labute approximate surface area is 232 Å². The summed E-state index contributed by atoms with van der Waals surface area (Å²) in [7, 11) is 2.17. The molecule has 0 bridgehead atoms. The lowest BCUT2D eigenvalue weighted by molar-refractivity contribution is 0.0260. The number of likely N-dealkylation sites (N-methyl/N-ethyl adjacent to an activating group) is 1. The van der Waals surface area contributed by atoms with E-state index in [0.29, 0.717) is 26.2 Å². The van der Waals surface area contributed by atoms with E-state index in [1.807, 2.05) is 30.5 Å². The molecule has 11 heteroatoms. The Morgan fingerprint density at radius 2 is 1.95 bits per heavy atom. The summed E-state index contributed by atoms with van der Waals surface area (Å²) in [5, 5.41) is 11.4. The van der Waals surface area contributed by atoms with Gasteiger partial charge in [0.05, 0.1) is 29.8 Å². The van der Waals surface area contributed by atoms with Gasteiger partial charge in [0, 0.05) is 82.1 Å². The van der Waals surface area contributed by atoms with Gasteiger partial charge in [0.2, 0.25) is 0 Å². The first kappa shape index (κ1) is 26.1. The van der Waals surface area contributed by atoms with Crippen LogP contribution in [0.15, 0.2) is 58.2 Å². The second kappa shape index (κ2) is 12.4. The zero-order valence-corrected chi connectivity index (χ0v) is 23.0. The number of rotatable bonds is 8. The number of pyridine rings is 1. The van der Waals surface area contributed by atoms with E-state index >= 15 is 0 Å². The molecule has 10 nitrogen and oxygen atoms in total. The van der Waals surface area contributed by atoms with E-state index in [1.165, 1.54) is 11.8 Å². The molecule has 6 rings (SSSR count). The van der Waals surface area contributed by atoms with E-state index in [0.717, 1.165) is 89.3 Å². The molecule has 5 heterocycles. The largest absolute Gasteiger partial charge is 0.492 e. The molecule has 0 saturated carbocycles. The Bertz CT molecular complexity index is 1340. The van der Waals surface area contributed by atoms with E-state index in [4.69, 9.17) is 14.2 Å². The average Bonchev–Trinajstić information content (AvgIpc) is 3.44. The van der Waals surface area contributed by atoms with E-state index in [-0.39, 0.29) is 6.10 Å². The highest BCUT2D eigenvalue weighted by Gasteiger charge is 2.23. The second-order valence-electron chi connectivity index (χ2n) is 9.98. The first-order chi connectivity index (χ1) is 19.2. The Morgan fingerprint density at radius 3 is 2.77 bits per heavy atom. The van der Waals surface area contributed by atoms with Crippen molar-refractivity contribution in [1.82, 2.24) is 24.8 Å². The monoisotopic (exact) mass is 547 g/mol. The molecule has 3 aliphatic heterocycles. The van der Waals surface area contributed by atoms with Gasteiger partial charge in [0.25, 0.3) is 0 Å². The van der Waals surface area contributed by atoms with Gasteiger partial charge in [0.15, 0.2) is 0 Å². The van der Waals surface area contributed by atoms with Gasteiger partial charge in [-0.25, -0.2) is 9.97 Å². The molecule has 2 saturated heterocycles. The SMILES string of the molecule is CN1CCN(CCOc2cc(OC3CCOCC3)c3c(SC4=NN=C(c5cccnc5)C4)ncnc3c2)CC1. The Hall–Kier alpha value is -3.12. The third-order valence-corrected chi connectivity index (χ3v) is 8.15. The van der Waals surface area contributed by atoms with E-state index in [1.54, 1.807) is 12.5 Å². The number of aromatic nitrogens is 3. The van der Waals surface area contributed by atoms with Crippen LogP contribution in [0.25, 0.3) is 10.9 Å². The summed E-state index contributed by atoms with van der Waals surface area (Å²) in [4.78, 5) is 18.2. The van der Waals surface area contributed by atoms with Crippen molar-refractivity contribution < 1.29 is 14.2 Å². The predicted molar refractivity (Wildman–Crippen MR) is 152 cm³/mol. The van der Waals surface area contributed by atoms with E-state index in [9.17, 15) is 0 Å². The molecule has 0 unspecified atom stereocenters. The summed E-state index contributed by atoms with van der Waals surface area (Å²) in [6, 6.07) is 7.88. The van der Waals surface area contributed by atoms with Gasteiger partial charge in [-0.15, -0.1) is 5.10 Å². The molecule has 0 spiro atoms. The lowest BCUT2D eigenvalue weighted by Gasteiger charge is -2.32. The fourth-order valence-corrected chi connectivity index (χ4v) is 5.80. The van der Waals surface area contributed by atoms with Crippen LogP contribution in [-0.4, -0.2) is 101 Å². The topological polar surface area (TPSA) is 97.6 Å². The van der Waals surface area contributed by atoms with Crippen LogP contribution in [0.5, 0.6) is 11.5 Å². The highest BCUT2D eigenvalue weighted by Crippen LogP contribution is 2.38. The van der Waals surface area contributed by atoms with Crippen LogP contribution in [0.3, 0.4) is 0 Å². The third kappa shape index (κ3) is 6.55. The zero-order valence-electron chi connectivity index (χ0n) is 22.2. The fraction of sp³-hybridized carbons (Fsp3) is 0.464. The van der Waals surface area contributed by atoms with E-state index in [2.05, 4.69) is 42.0 Å². The van der Waals surface area contributed by atoms with E-state index < -0.39 is 0 Å². The van der Waals surface area contributed by atoms with Gasteiger partial charge in [-0.3, -0.25) is 9.88 Å². The van der Waals surface area contributed by atoms with Crippen molar-refractivity contribution in [2.24, 2.45) is 10.2 Å². The first-order valence-electron chi connectivity index (χ1n) is 13.5. The van der Waals surface area contributed by atoms with Gasteiger partial charge >= 0.3 is 0 Å². The van der Waals surface area contributed by atoms with Crippen LogP contribution in [0.2, 0.25) is 0 Å². The molecule has 39 heavy (non-hydrogen) atoms. The van der Waals surface area contributed by atoms with Crippen molar-refractivity contribution in [3.05, 3.63) is 48.5 Å². The van der Waals surface area contributed by atoms with Crippen molar-refractivity contribution in [1.29, 1.82) is 0 Å². The summed E-state index contributed by atoms with van der Waals surface area (Å²) in [6.45, 7) is 7.24. The maximum absolute atomic E-state index is 6.57. The Kier molecular flexibility index (Phi) is 8.29. The number of hydrogen-bond donors (Lipinski definition) is 0. The average molecular weight is 548 g/mol. The van der Waals surface area contributed by atoms with Crippen molar-refractivity contribution in [3.63, 3.8) is 0 Å². The molecule has 0 atom stereocenters. The zero-order chi connectivity index (χ0) is 26.4. The smallest absolute Gasteiger partial charge is 0.135 e. The number of nitrogens with zero attached hydrogens (tertiary/aromatic N) is 7. The van der Waals surface area contributed by atoms with Crippen LogP contribution >= 0.6 is 11.8 Å². The lowest BCUT2D eigenvalue weighted by Crippen LogP contribution is -2.45. The highest BCUT2D eigenvalue weighted by molar-refractivity contribution is 8.14. The van der Waals surface area contributed by atoms with Crippen LogP contribution in [0.4, 0.5) is 0 Å². The quantitative estimate of drug-likeness (QED) is 0.393. The van der Waals surface area contributed by atoms with Crippen LogP contribution in [-0.2, 0) is 4.74 Å².